The molecule has 8 heteroatoms. The number of ether oxygens (including phenoxy) is 1. The van der Waals surface area contributed by atoms with Gasteiger partial charge in [-0.2, -0.15) is 4.31 Å². The minimum Gasteiger partial charge on any atom is -0.495 e. The van der Waals surface area contributed by atoms with Gasteiger partial charge >= 0.3 is 0 Å². The summed E-state index contributed by atoms with van der Waals surface area (Å²) in [5, 5.41) is 4.86. The van der Waals surface area contributed by atoms with Crippen molar-refractivity contribution in [3.05, 3.63) is 46.2 Å². The molecule has 0 spiro atoms. The summed E-state index contributed by atoms with van der Waals surface area (Å²) in [5.74, 6) is -0.0322. The highest BCUT2D eigenvalue weighted by Gasteiger charge is 2.33. The molecule has 1 aromatic carbocycles. The standard InChI is InChI=1S/C20H26N2O4S2/c1-15-6-3-4-12-22(15)28(24,25)19-14-16(8-9-18(19)26-2)20(23)21-11-10-17-7-5-13-27-17/h5,7-9,13-15H,3-4,6,10-12H2,1-2H3,(H,21,23). The van der Waals surface area contributed by atoms with Crippen LogP contribution in [-0.2, 0) is 16.4 Å². The van der Waals surface area contributed by atoms with Crippen molar-refractivity contribution in [1.82, 2.24) is 9.62 Å². The fourth-order valence-corrected chi connectivity index (χ4v) is 6.02. The quantitative estimate of drug-likeness (QED) is 0.743. The van der Waals surface area contributed by atoms with Crippen LogP contribution >= 0.6 is 11.3 Å². The van der Waals surface area contributed by atoms with E-state index in [1.165, 1.54) is 22.4 Å². The van der Waals surface area contributed by atoms with Crippen molar-refractivity contribution in [3.8, 4) is 5.75 Å². The van der Waals surface area contributed by atoms with E-state index in [2.05, 4.69) is 5.32 Å². The Labute approximate surface area is 170 Å². The molecule has 2 aromatic rings. The molecule has 3 rings (SSSR count). The lowest BCUT2D eigenvalue weighted by Gasteiger charge is -2.32. The lowest BCUT2D eigenvalue weighted by Crippen LogP contribution is -2.42. The average Bonchev–Trinajstić information content (AvgIpc) is 3.21. The first-order chi connectivity index (χ1) is 13.4. The number of nitrogens with one attached hydrogen (secondary N) is 1. The number of methoxy groups -OCH3 is 1. The third-order valence-electron chi connectivity index (χ3n) is 4.99. The Bertz CT molecular complexity index is 910. The van der Waals surface area contributed by atoms with Gasteiger partial charge in [0.1, 0.15) is 10.6 Å². The Morgan fingerprint density at radius 2 is 2.14 bits per heavy atom. The van der Waals surface area contributed by atoms with Crippen LogP contribution in [0.25, 0.3) is 0 Å². The molecule has 0 radical (unpaired) electrons. The van der Waals surface area contributed by atoms with Crippen LogP contribution in [0.15, 0.2) is 40.6 Å². The fraction of sp³-hybridized carbons (Fsp3) is 0.450. The largest absolute Gasteiger partial charge is 0.495 e. The molecular weight excluding hydrogens is 396 g/mol. The highest BCUT2D eigenvalue weighted by molar-refractivity contribution is 7.89. The van der Waals surface area contributed by atoms with Gasteiger partial charge in [-0.1, -0.05) is 12.5 Å². The maximum absolute atomic E-state index is 13.2. The van der Waals surface area contributed by atoms with E-state index >= 15 is 0 Å². The van der Waals surface area contributed by atoms with Crippen LogP contribution in [0.2, 0.25) is 0 Å². The van der Waals surface area contributed by atoms with Gasteiger partial charge in [0.25, 0.3) is 5.91 Å². The first kappa shape index (κ1) is 20.8. The fourth-order valence-electron chi connectivity index (χ4n) is 3.43. The van der Waals surface area contributed by atoms with Gasteiger partial charge in [-0.25, -0.2) is 8.42 Å². The number of nitrogens with zero attached hydrogens (tertiary/aromatic N) is 1. The minimum atomic E-state index is -3.74. The SMILES string of the molecule is COc1ccc(C(=O)NCCc2cccs2)cc1S(=O)(=O)N1CCCCC1C. The van der Waals surface area contributed by atoms with Crippen LogP contribution in [0.3, 0.4) is 0 Å². The molecule has 1 atom stereocenters. The van der Waals surface area contributed by atoms with Crippen molar-refractivity contribution >= 4 is 27.3 Å². The van der Waals surface area contributed by atoms with Gasteiger partial charge < -0.3 is 10.1 Å². The smallest absolute Gasteiger partial charge is 0.251 e. The second-order valence-electron chi connectivity index (χ2n) is 6.91. The Kier molecular flexibility index (Phi) is 6.74. The zero-order valence-electron chi connectivity index (χ0n) is 16.2. The molecule has 28 heavy (non-hydrogen) atoms. The van der Waals surface area contributed by atoms with Crippen LogP contribution in [0.4, 0.5) is 0 Å². The van der Waals surface area contributed by atoms with Crippen molar-refractivity contribution in [2.75, 3.05) is 20.2 Å². The Hall–Kier alpha value is -1.90. The summed E-state index contributed by atoms with van der Waals surface area (Å²) in [6.07, 6.45) is 3.45. The van der Waals surface area contributed by atoms with Crippen molar-refractivity contribution in [3.63, 3.8) is 0 Å². The van der Waals surface area contributed by atoms with E-state index < -0.39 is 10.0 Å². The third kappa shape index (κ3) is 4.56. The summed E-state index contributed by atoms with van der Waals surface area (Å²) in [5.41, 5.74) is 0.315. The van der Waals surface area contributed by atoms with E-state index in [9.17, 15) is 13.2 Å². The summed E-state index contributed by atoms with van der Waals surface area (Å²) >= 11 is 1.64. The van der Waals surface area contributed by atoms with Gasteiger partial charge in [0.05, 0.1) is 7.11 Å². The number of benzene rings is 1. The number of sulfonamides is 1. The van der Waals surface area contributed by atoms with Crippen LogP contribution in [0.1, 0.15) is 41.4 Å². The lowest BCUT2D eigenvalue weighted by atomic mass is 10.1. The maximum Gasteiger partial charge on any atom is 0.251 e. The topological polar surface area (TPSA) is 75.7 Å². The molecule has 1 saturated heterocycles. The van der Waals surface area contributed by atoms with E-state index in [1.807, 2.05) is 24.4 Å². The molecule has 2 heterocycles. The average molecular weight is 423 g/mol. The zero-order valence-corrected chi connectivity index (χ0v) is 17.8. The predicted octanol–water partition coefficient (Wildman–Crippen LogP) is 3.29. The van der Waals surface area contributed by atoms with E-state index in [4.69, 9.17) is 4.74 Å². The number of rotatable bonds is 7. The van der Waals surface area contributed by atoms with Crippen LogP contribution in [0, 0.1) is 0 Å². The van der Waals surface area contributed by atoms with E-state index in [-0.39, 0.29) is 22.6 Å². The molecule has 1 aromatic heterocycles. The number of piperidine rings is 1. The molecular formula is C20H26N2O4S2. The first-order valence-electron chi connectivity index (χ1n) is 9.44. The van der Waals surface area contributed by atoms with E-state index in [0.29, 0.717) is 18.7 Å². The molecule has 0 aliphatic carbocycles. The molecule has 152 valence electrons. The van der Waals surface area contributed by atoms with Crippen molar-refractivity contribution in [2.24, 2.45) is 0 Å². The number of hydrogen-bond donors (Lipinski definition) is 1. The second-order valence-corrected chi connectivity index (χ2v) is 9.80. The molecule has 1 aliphatic heterocycles. The number of hydrogen-bond acceptors (Lipinski definition) is 5. The van der Waals surface area contributed by atoms with Crippen molar-refractivity contribution in [2.45, 2.75) is 43.5 Å². The van der Waals surface area contributed by atoms with Gasteiger partial charge in [-0.05, 0) is 55.8 Å². The number of amides is 1. The summed E-state index contributed by atoms with van der Waals surface area (Å²) in [6.45, 7) is 2.91. The van der Waals surface area contributed by atoms with E-state index in [0.717, 1.165) is 25.7 Å². The second kappa shape index (κ2) is 9.07. The van der Waals surface area contributed by atoms with Crippen LogP contribution in [0.5, 0.6) is 5.75 Å². The van der Waals surface area contributed by atoms with Gasteiger partial charge in [-0.3, -0.25) is 4.79 Å². The summed E-state index contributed by atoms with van der Waals surface area (Å²) < 4.78 is 33.3. The van der Waals surface area contributed by atoms with Gasteiger partial charge in [0.2, 0.25) is 10.0 Å². The molecule has 0 saturated carbocycles. The van der Waals surface area contributed by atoms with Crippen molar-refractivity contribution in [1.29, 1.82) is 0 Å². The number of thiophene rings is 1. The summed E-state index contributed by atoms with van der Waals surface area (Å²) in [7, 11) is -2.30. The molecule has 1 N–H and O–H groups in total. The first-order valence-corrected chi connectivity index (χ1v) is 11.8. The Morgan fingerprint density at radius 1 is 1.32 bits per heavy atom. The van der Waals surface area contributed by atoms with Gasteiger partial charge in [0, 0.05) is 29.6 Å². The molecule has 6 nitrogen and oxygen atoms in total. The predicted molar refractivity (Wildman–Crippen MR) is 111 cm³/mol. The highest BCUT2D eigenvalue weighted by Crippen LogP contribution is 2.31. The molecule has 0 bridgehead atoms. The van der Waals surface area contributed by atoms with Gasteiger partial charge in [0.15, 0.2) is 0 Å². The van der Waals surface area contributed by atoms with Crippen molar-refractivity contribution < 1.29 is 17.9 Å². The number of carbonyl (C=O) groups is 1. The van der Waals surface area contributed by atoms with E-state index in [1.54, 1.807) is 23.5 Å². The maximum atomic E-state index is 13.2. The normalized spacial score (nSPS) is 18.0. The third-order valence-corrected chi connectivity index (χ3v) is 7.96. The van der Waals surface area contributed by atoms with Gasteiger partial charge in [-0.15, -0.1) is 11.3 Å². The number of carbonyl (C=O) groups excluding carboxylic acids is 1. The molecule has 1 amide bonds. The summed E-state index contributed by atoms with van der Waals surface area (Å²) in [4.78, 5) is 13.8. The summed E-state index contributed by atoms with van der Waals surface area (Å²) in [6, 6.07) is 8.51. The minimum absolute atomic E-state index is 0.0506. The van der Waals surface area contributed by atoms with Crippen LogP contribution in [-0.4, -0.2) is 44.9 Å². The zero-order chi connectivity index (χ0) is 20.1. The Morgan fingerprint density at radius 3 is 2.82 bits per heavy atom. The molecule has 1 fully saturated rings. The molecule has 1 unspecified atom stereocenters. The molecule has 1 aliphatic rings. The highest BCUT2D eigenvalue weighted by atomic mass is 32.2. The Balaban J connectivity index is 1.80. The monoisotopic (exact) mass is 422 g/mol. The lowest BCUT2D eigenvalue weighted by molar-refractivity contribution is 0.0954. The van der Waals surface area contributed by atoms with Crippen LogP contribution < -0.4 is 10.1 Å².